The van der Waals surface area contributed by atoms with Gasteiger partial charge in [0.15, 0.2) is 11.5 Å². The highest BCUT2D eigenvalue weighted by Gasteiger charge is 2.50. The lowest BCUT2D eigenvalue weighted by molar-refractivity contribution is -0.138. The Hall–Kier alpha value is -3.07. The Morgan fingerprint density at radius 3 is 2.72 bits per heavy atom. The van der Waals surface area contributed by atoms with Gasteiger partial charge < -0.3 is 19.7 Å². The number of thiophene rings is 1. The van der Waals surface area contributed by atoms with Gasteiger partial charge in [0, 0.05) is 13.6 Å². The molecule has 1 aromatic carbocycles. The number of likely N-dealkylation sites (N-methyl/N-ethyl adjacent to an activating group) is 1. The average molecular weight is 415 g/mol. The first kappa shape index (κ1) is 19.3. The van der Waals surface area contributed by atoms with Gasteiger partial charge >= 0.3 is 6.03 Å². The molecule has 0 spiro atoms. The number of hydrogen-bond donors (Lipinski definition) is 1. The van der Waals surface area contributed by atoms with Gasteiger partial charge in [0.2, 0.25) is 5.91 Å². The molecule has 0 saturated carbocycles. The van der Waals surface area contributed by atoms with E-state index >= 15 is 0 Å². The quantitative estimate of drug-likeness (QED) is 0.754. The van der Waals surface area contributed by atoms with E-state index in [4.69, 9.17) is 9.47 Å². The van der Waals surface area contributed by atoms with Gasteiger partial charge in [0.25, 0.3) is 5.91 Å². The molecule has 1 saturated heterocycles. The fourth-order valence-corrected chi connectivity index (χ4v) is 4.05. The number of imide groups is 1. The predicted octanol–water partition coefficient (Wildman–Crippen LogP) is 1.94. The summed E-state index contributed by atoms with van der Waals surface area (Å²) in [5, 5.41) is 6.60. The monoisotopic (exact) mass is 415 g/mol. The van der Waals surface area contributed by atoms with Crippen LogP contribution in [0.1, 0.15) is 18.1 Å². The summed E-state index contributed by atoms with van der Waals surface area (Å²) in [4.78, 5) is 40.6. The number of fused-ring (bicyclic) bond motifs is 1. The molecule has 4 amide bonds. The SMILES string of the molecule is CN(Cc1ccsc1)C(=O)CN1C(=O)N[C@](C)(c2ccc3c(c2)OCCO3)C1=O. The largest absolute Gasteiger partial charge is 0.486 e. The zero-order valence-corrected chi connectivity index (χ0v) is 17.0. The van der Waals surface area contributed by atoms with Crippen LogP contribution in [0.5, 0.6) is 11.5 Å². The minimum atomic E-state index is -1.28. The number of hydrogen-bond acceptors (Lipinski definition) is 6. The van der Waals surface area contributed by atoms with Crippen LogP contribution in [0.15, 0.2) is 35.0 Å². The van der Waals surface area contributed by atoms with E-state index in [9.17, 15) is 14.4 Å². The lowest BCUT2D eigenvalue weighted by atomic mass is 9.91. The zero-order chi connectivity index (χ0) is 20.6. The second kappa shape index (κ2) is 7.40. The zero-order valence-electron chi connectivity index (χ0n) is 16.1. The molecule has 1 atom stereocenters. The third-order valence-corrected chi connectivity index (χ3v) is 5.85. The summed E-state index contributed by atoms with van der Waals surface area (Å²) < 4.78 is 11.1. The standard InChI is InChI=1S/C20H21N3O5S/c1-20(14-3-4-15-16(9-14)28-7-6-27-15)18(25)23(19(26)21-20)11-17(24)22(2)10-13-5-8-29-12-13/h3-5,8-9,12H,6-7,10-11H2,1-2H3,(H,21,26)/t20-/m1/s1. The van der Waals surface area contributed by atoms with Gasteiger partial charge in [0.1, 0.15) is 25.3 Å². The highest BCUT2D eigenvalue weighted by atomic mass is 32.1. The Labute approximate surface area is 172 Å². The first-order chi connectivity index (χ1) is 13.9. The average Bonchev–Trinajstić information content (AvgIpc) is 3.30. The van der Waals surface area contributed by atoms with Gasteiger partial charge in [-0.3, -0.25) is 14.5 Å². The van der Waals surface area contributed by atoms with Crippen molar-refractivity contribution in [3.05, 3.63) is 46.2 Å². The summed E-state index contributed by atoms with van der Waals surface area (Å²) in [5.41, 5.74) is 0.296. The van der Waals surface area contributed by atoms with Gasteiger partial charge in [-0.2, -0.15) is 11.3 Å². The maximum Gasteiger partial charge on any atom is 0.325 e. The number of carbonyl (C=O) groups excluding carboxylic acids is 3. The number of benzene rings is 1. The molecule has 1 fully saturated rings. The molecule has 1 N–H and O–H groups in total. The minimum absolute atomic E-state index is 0.314. The number of ether oxygens (including phenoxy) is 2. The number of rotatable bonds is 5. The van der Waals surface area contributed by atoms with E-state index in [1.54, 1.807) is 43.5 Å². The van der Waals surface area contributed by atoms with Crippen molar-refractivity contribution in [1.82, 2.24) is 15.1 Å². The lowest BCUT2D eigenvalue weighted by Crippen LogP contribution is -2.43. The van der Waals surface area contributed by atoms with Crippen molar-refractivity contribution >= 4 is 29.2 Å². The van der Waals surface area contributed by atoms with Crippen LogP contribution in [-0.2, 0) is 21.7 Å². The molecule has 2 aliphatic heterocycles. The summed E-state index contributed by atoms with van der Waals surface area (Å²) in [7, 11) is 1.65. The highest BCUT2D eigenvalue weighted by molar-refractivity contribution is 7.07. The molecule has 3 heterocycles. The molecule has 1 aromatic heterocycles. The molecule has 0 radical (unpaired) electrons. The van der Waals surface area contributed by atoms with E-state index in [-0.39, 0.29) is 12.5 Å². The van der Waals surface area contributed by atoms with Crippen molar-refractivity contribution in [3.8, 4) is 11.5 Å². The number of nitrogens with one attached hydrogen (secondary N) is 1. The Kier molecular flexibility index (Phi) is 4.91. The summed E-state index contributed by atoms with van der Waals surface area (Å²) in [6.45, 7) is 2.62. The summed E-state index contributed by atoms with van der Waals surface area (Å²) in [5.74, 6) is 0.340. The number of nitrogens with zero attached hydrogens (tertiary/aromatic N) is 2. The topological polar surface area (TPSA) is 88.2 Å². The molecular formula is C20H21N3O5S. The van der Waals surface area contributed by atoms with Crippen LogP contribution in [0.4, 0.5) is 4.79 Å². The second-order valence-electron chi connectivity index (χ2n) is 7.19. The van der Waals surface area contributed by atoms with Crippen LogP contribution in [-0.4, -0.2) is 54.5 Å². The summed E-state index contributed by atoms with van der Waals surface area (Å²) >= 11 is 1.55. The Bertz CT molecular complexity index is 961. The number of urea groups is 1. The van der Waals surface area contributed by atoms with Gasteiger partial charge in [-0.25, -0.2) is 4.79 Å². The fraction of sp³-hybridized carbons (Fsp3) is 0.350. The summed E-state index contributed by atoms with van der Waals surface area (Å²) in [6.07, 6.45) is 0. The van der Waals surface area contributed by atoms with E-state index < -0.39 is 17.5 Å². The van der Waals surface area contributed by atoms with E-state index in [1.165, 1.54) is 4.90 Å². The molecule has 0 bridgehead atoms. The smallest absolute Gasteiger partial charge is 0.325 e. The van der Waals surface area contributed by atoms with Crippen molar-refractivity contribution in [2.75, 3.05) is 26.8 Å². The first-order valence-electron chi connectivity index (χ1n) is 9.18. The lowest BCUT2D eigenvalue weighted by Gasteiger charge is -2.25. The van der Waals surface area contributed by atoms with Gasteiger partial charge in [0.05, 0.1) is 0 Å². The predicted molar refractivity (Wildman–Crippen MR) is 106 cm³/mol. The number of amides is 4. The van der Waals surface area contributed by atoms with Crippen molar-refractivity contribution in [3.63, 3.8) is 0 Å². The first-order valence-corrected chi connectivity index (χ1v) is 10.1. The molecule has 152 valence electrons. The third-order valence-electron chi connectivity index (χ3n) is 5.11. The Morgan fingerprint density at radius 1 is 1.24 bits per heavy atom. The molecule has 9 heteroatoms. The molecule has 0 unspecified atom stereocenters. The third kappa shape index (κ3) is 3.53. The van der Waals surface area contributed by atoms with Crippen LogP contribution in [0.25, 0.3) is 0 Å². The van der Waals surface area contributed by atoms with E-state index in [1.807, 2.05) is 16.8 Å². The molecule has 2 aromatic rings. The maximum atomic E-state index is 13.1. The van der Waals surface area contributed by atoms with E-state index in [0.717, 1.165) is 10.5 Å². The van der Waals surface area contributed by atoms with Crippen LogP contribution in [0, 0.1) is 0 Å². The van der Waals surface area contributed by atoms with Crippen LogP contribution in [0.2, 0.25) is 0 Å². The molecule has 2 aliphatic rings. The van der Waals surface area contributed by atoms with Crippen molar-refractivity contribution in [1.29, 1.82) is 0 Å². The molecule has 4 rings (SSSR count). The summed E-state index contributed by atoms with van der Waals surface area (Å²) in [6, 6.07) is 6.48. The minimum Gasteiger partial charge on any atom is -0.486 e. The second-order valence-corrected chi connectivity index (χ2v) is 7.97. The normalized spacial score (nSPS) is 20.6. The highest BCUT2D eigenvalue weighted by Crippen LogP contribution is 2.36. The van der Waals surface area contributed by atoms with Gasteiger partial charge in [-0.05, 0) is 47.0 Å². The van der Waals surface area contributed by atoms with Gasteiger partial charge in [-0.1, -0.05) is 6.07 Å². The molecular weight excluding hydrogens is 394 g/mol. The van der Waals surface area contributed by atoms with E-state index in [0.29, 0.717) is 36.8 Å². The van der Waals surface area contributed by atoms with Crippen LogP contribution < -0.4 is 14.8 Å². The molecule has 0 aliphatic carbocycles. The van der Waals surface area contributed by atoms with Gasteiger partial charge in [-0.15, -0.1) is 0 Å². The van der Waals surface area contributed by atoms with Crippen molar-refractivity contribution in [2.24, 2.45) is 0 Å². The Morgan fingerprint density at radius 2 is 2.00 bits per heavy atom. The molecule has 29 heavy (non-hydrogen) atoms. The Balaban J connectivity index is 1.50. The number of carbonyl (C=O) groups is 3. The maximum absolute atomic E-state index is 13.1. The molecule has 8 nitrogen and oxygen atoms in total. The fourth-order valence-electron chi connectivity index (χ4n) is 3.39. The van der Waals surface area contributed by atoms with Crippen molar-refractivity contribution < 1.29 is 23.9 Å². The van der Waals surface area contributed by atoms with Crippen molar-refractivity contribution in [2.45, 2.75) is 19.0 Å². The van der Waals surface area contributed by atoms with E-state index in [2.05, 4.69) is 5.32 Å². The van der Waals surface area contributed by atoms with Crippen LogP contribution >= 0.6 is 11.3 Å². The van der Waals surface area contributed by atoms with Crippen LogP contribution in [0.3, 0.4) is 0 Å².